The average molecular weight is 377 g/mol. The molecule has 0 unspecified atom stereocenters. The second-order valence-electron chi connectivity index (χ2n) is 7.59. The molecule has 4 rings (SSSR count). The first-order valence-electron chi connectivity index (χ1n) is 10.1. The Hall–Kier alpha value is -2.66. The number of anilines is 1. The molecule has 0 N–H and O–H groups in total. The largest absolute Gasteiger partial charge is 0.336 e. The number of benzene rings is 2. The van der Waals surface area contributed by atoms with E-state index in [-0.39, 0.29) is 17.9 Å². The molecule has 2 heterocycles. The van der Waals surface area contributed by atoms with Crippen molar-refractivity contribution in [3.8, 4) is 0 Å². The number of rotatable bonds is 3. The lowest BCUT2D eigenvalue weighted by molar-refractivity contribution is -0.123. The number of para-hydroxylation sites is 1. The highest BCUT2D eigenvalue weighted by molar-refractivity contribution is 5.98. The van der Waals surface area contributed by atoms with Gasteiger partial charge in [-0.2, -0.15) is 0 Å². The fraction of sp³-hybridized carbons (Fsp3) is 0.391. The average Bonchev–Trinajstić information content (AvgIpc) is 2.78. The second kappa shape index (κ2) is 8.15. The summed E-state index contributed by atoms with van der Waals surface area (Å²) in [6, 6.07) is 17.4. The van der Waals surface area contributed by atoms with Crippen LogP contribution >= 0.6 is 0 Å². The standard InChI is InChI=1S/C23H27N3O2/c1-18(22(27)26-13-7-11-19-8-5-6-12-21(19)26)24-14-16-25(17-15-24)23(28)20-9-3-2-4-10-20/h2-6,8-10,12,18H,7,11,13-17H2,1H3/t18-/m0/s1. The molecule has 5 heteroatoms. The molecule has 2 aliphatic heterocycles. The van der Waals surface area contributed by atoms with Gasteiger partial charge in [0.25, 0.3) is 5.91 Å². The van der Waals surface area contributed by atoms with Crippen LogP contribution in [0.5, 0.6) is 0 Å². The maximum absolute atomic E-state index is 13.2. The Morgan fingerprint density at radius 1 is 0.857 bits per heavy atom. The lowest BCUT2D eigenvalue weighted by atomic mass is 10.0. The minimum absolute atomic E-state index is 0.0733. The number of hydrogen-bond donors (Lipinski definition) is 0. The molecule has 0 spiro atoms. The van der Waals surface area contributed by atoms with Gasteiger partial charge in [-0.3, -0.25) is 14.5 Å². The van der Waals surface area contributed by atoms with Gasteiger partial charge in [0.2, 0.25) is 5.91 Å². The number of hydrogen-bond acceptors (Lipinski definition) is 3. The Kier molecular flexibility index (Phi) is 5.44. The maximum atomic E-state index is 13.2. The Balaban J connectivity index is 1.39. The van der Waals surface area contributed by atoms with E-state index in [1.165, 1.54) is 5.56 Å². The van der Waals surface area contributed by atoms with Crippen molar-refractivity contribution >= 4 is 17.5 Å². The van der Waals surface area contributed by atoms with E-state index >= 15 is 0 Å². The van der Waals surface area contributed by atoms with Crippen LogP contribution in [-0.2, 0) is 11.2 Å². The van der Waals surface area contributed by atoms with Gasteiger partial charge in [0.05, 0.1) is 6.04 Å². The van der Waals surface area contributed by atoms with E-state index in [4.69, 9.17) is 0 Å². The Bertz CT molecular complexity index is 844. The number of carbonyl (C=O) groups excluding carboxylic acids is 2. The number of nitrogens with zero attached hydrogens (tertiary/aromatic N) is 3. The number of amides is 2. The third-order valence-corrected chi connectivity index (χ3v) is 5.90. The van der Waals surface area contributed by atoms with Crippen LogP contribution in [0.3, 0.4) is 0 Å². The Morgan fingerprint density at radius 2 is 1.54 bits per heavy atom. The van der Waals surface area contributed by atoms with Gasteiger partial charge in [0.1, 0.15) is 0 Å². The molecule has 1 fully saturated rings. The highest BCUT2D eigenvalue weighted by Gasteiger charge is 2.32. The van der Waals surface area contributed by atoms with E-state index in [9.17, 15) is 9.59 Å². The van der Waals surface area contributed by atoms with E-state index in [0.29, 0.717) is 13.1 Å². The second-order valence-corrected chi connectivity index (χ2v) is 7.59. The van der Waals surface area contributed by atoms with E-state index in [0.717, 1.165) is 43.7 Å². The van der Waals surface area contributed by atoms with Crippen molar-refractivity contribution in [1.29, 1.82) is 0 Å². The predicted molar refractivity (Wildman–Crippen MR) is 110 cm³/mol. The number of fused-ring (bicyclic) bond motifs is 1. The third-order valence-electron chi connectivity index (χ3n) is 5.90. The van der Waals surface area contributed by atoms with Crippen molar-refractivity contribution in [1.82, 2.24) is 9.80 Å². The molecular formula is C23H27N3O2. The summed E-state index contributed by atoms with van der Waals surface area (Å²) in [6.45, 7) is 5.53. The van der Waals surface area contributed by atoms with Gasteiger partial charge in [-0.15, -0.1) is 0 Å². The molecule has 0 radical (unpaired) electrons. The monoisotopic (exact) mass is 377 g/mol. The summed E-state index contributed by atoms with van der Waals surface area (Å²) < 4.78 is 0. The van der Waals surface area contributed by atoms with Crippen LogP contribution in [0.25, 0.3) is 0 Å². The van der Waals surface area contributed by atoms with Crippen LogP contribution in [0.1, 0.15) is 29.3 Å². The van der Waals surface area contributed by atoms with E-state index < -0.39 is 0 Å². The molecule has 1 atom stereocenters. The number of carbonyl (C=O) groups is 2. The van der Waals surface area contributed by atoms with E-state index in [2.05, 4.69) is 17.0 Å². The predicted octanol–water partition coefficient (Wildman–Crippen LogP) is 2.81. The Morgan fingerprint density at radius 3 is 2.29 bits per heavy atom. The van der Waals surface area contributed by atoms with Crippen molar-refractivity contribution in [3.05, 3.63) is 65.7 Å². The van der Waals surface area contributed by atoms with Gasteiger partial charge in [0, 0.05) is 44.0 Å². The van der Waals surface area contributed by atoms with Gasteiger partial charge < -0.3 is 9.80 Å². The first kappa shape index (κ1) is 18.7. The van der Waals surface area contributed by atoms with E-state index in [1.807, 2.05) is 59.2 Å². The third kappa shape index (κ3) is 3.67. The molecule has 146 valence electrons. The summed E-state index contributed by atoms with van der Waals surface area (Å²) in [5.74, 6) is 0.235. The highest BCUT2D eigenvalue weighted by Crippen LogP contribution is 2.28. The van der Waals surface area contributed by atoms with Gasteiger partial charge >= 0.3 is 0 Å². The molecule has 2 aliphatic rings. The fourth-order valence-corrected chi connectivity index (χ4v) is 4.22. The van der Waals surface area contributed by atoms with Crippen LogP contribution in [0.2, 0.25) is 0 Å². The van der Waals surface area contributed by atoms with Crippen LogP contribution in [0, 0.1) is 0 Å². The van der Waals surface area contributed by atoms with Crippen LogP contribution in [-0.4, -0.2) is 60.4 Å². The van der Waals surface area contributed by atoms with Crippen LogP contribution in [0.4, 0.5) is 5.69 Å². The minimum atomic E-state index is -0.180. The summed E-state index contributed by atoms with van der Waals surface area (Å²) in [6.07, 6.45) is 2.05. The molecule has 0 aromatic heterocycles. The van der Waals surface area contributed by atoms with Gasteiger partial charge in [-0.25, -0.2) is 0 Å². The zero-order chi connectivity index (χ0) is 19.5. The smallest absolute Gasteiger partial charge is 0.253 e. The SMILES string of the molecule is C[C@@H](C(=O)N1CCCc2ccccc21)N1CCN(C(=O)c2ccccc2)CC1. The lowest BCUT2D eigenvalue weighted by Crippen LogP contribution is -2.56. The minimum Gasteiger partial charge on any atom is -0.336 e. The van der Waals surface area contributed by atoms with Crippen LogP contribution < -0.4 is 4.90 Å². The summed E-state index contributed by atoms with van der Waals surface area (Å²) in [5, 5.41) is 0. The van der Waals surface area contributed by atoms with Crippen molar-refractivity contribution in [3.63, 3.8) is 0 Å². The summed E-state index contributed by atoms with van der Waals surface area (Å²) in [7, 11) is 0. The molecule has 28 heavy (non-hydrogen) atoms. The molecule has 0 aliphatic carbocycles. The fourth-order valence-electron chi connectivity index (χ4n) is 4.22. The van der Waals surface area contributed by atoms with Gasteiger partial charge in [-0.05, 0) is 43.5 Å². The normalized spacial score (nSPS) is 18.5. The summed E-state index contributed by atoms with van der Waals surface area (Å²) >= 11 is 0. The van der Waals surface area contributed by atoms with Gasteiger partial charge in [0.15, 0.2) is 0 Å². The molecule has 2 aromatic rings. The zero-order valence-corrected chi connectivity index (χ0v) is 16.4. The van der Waals surface area contributed by atoms with Gasteiger partial charge in [-0.1, -0.05) is 36.4 Å². The van der Waals surface area contributed by atoms with Crippen molar-refractivity contribution in [2.45, 2.75) is 25.8 Å². The molecule has 2 aromatic carbocycles. The van der Waals surface area contributed by atoms with Crippen molar-refractivity contribution < 1.29 is 9.59 Å². The molecule has 2 amide bonds. The quantitative estimate of drug-likeness (QED) is 0.826. The van der Waals surface area contributed by atoms with Crippen LogP contribution in [0.15, 0.2) is 54.6 Å². The van der Waals surface area contributed by atoms with Crippen molar-refractivity contribution in [2.24, 2.45) is 0 Å². The Labute approximate surface area is 166 Å². The first-order valence-corrected chi connectivity index (χ1v) is 10.1. The lowest BCUT2D eigenvalue weighted by Gasteiger charge is -2.40. The summed E-state index contributed by atoms with van der Waals surface area (Å²) in [4.78, 5) is 31.9. The first-order chi connectivity index (χ1) is 13.6. The number of piperazine rings is 1. The zero-order valence-electron chi connectivity index (χ0n) is 16.4. The molecule has 1 saturated heterocycles. The van der Waals surface area contributed by atoms with E-state index in [1.54, 1.807) is 0 Å². The highest BCUT2D eigenvalue weighted by atomic mass is 16.2. The molecular weight excluding hydrogens is 350 g/mol. The molecule has 0 saturated carbocycles. The maximum Gasteiger partial charge on any atom is 0.253 e. The van der Waals surface area contributed by atoms with Crippen molar-refractivity contribution in [2.75, 3.05) is 37.6 Å². The topological polar surface area (TPSA) is 43.9 Å². The molecule has 5 nitrogen and oxygen atoms in total. The summed E-state index contributed by atoms with van der Waals surface area (Å²) in [5.41, 5.74) is 3.04. The number of aryl methyl sites for hydroxylation is 1. The molecule has 0 bridgehead atoms.